The maximum Gasteiger partial charge on any atom is 0.317 e. The van der Waals surface area contributed by atoms with Gasteiger partial charge < -0.3 is 15.0 Å². The second-order valence-corrected chi connectivity index (χ2v) is 8.86. The predicted octanol–water partition coefficient (Wildman–Crippen LogP) is 6.42. The smallest absolute Gasteiger partial charge is 0.317 e. The molecule has 178 valence electrons. The Kier molecular flexibility index (Phi) is 8.18. The fourth-order valence-electron chi connectivity index (χ4n) is 4.61. The van der Waals surface area contributed by atoms with Crippen molar-refractivity contribution in [3.63, 3.8) is 0 Å². The maximum absolute atomic E-state index is 12.7. The number of aromatic nitrogens is 1. The van der Waals surface area contributed by atoms with E-state index in [0.29, 0.717) is 17.7 Å². The number of likely N-dealkylation sites (tertiary alicyclic amines) is 1. The van der Waals surface area contributed by atoms with E-state index in [0.717, 1.165) is 44.5 Å². The number of hydrogen-bond donors (Lipinski definition) is 1. The van der Waals surface area contributed by atoms with Crippen LogP contribution in [0.25, 0.3) is 0 Å². The van der Waals surface area contributed by atoms with E-state index in [4.69, 9.17) is 4.74 Å². The topological polar surface area (TPSA) is 54.5 Å². The molecule has 1 aliphatic heterocycles. The summed E-state index contributed by atoms with van der Waals surface area (Å²) in [5.41, 5.74) is 2.59. The van der Waals surface area contributed by atoms with Gasteiger partial charge in [0.1, 0.15) is 5.75 Å². The third kappa shape index (κ3) is 6.37. The van der Waals surface area contributed by atoms with E-state index in [-0.39, 0.29) is 12.1 Å². The van der Waals surface area contributed by atoms with Crippen LogP contribution in [-0.4, -0.2) is 35.0 Å². The average Bonchev–Trinajstić information content (AvgIpc) is 3.66. The first-order chi connectivity index (χ1) is 16.7. The normalized spacial score (nSPS) is 19.5. The van der Waals surface area contributed by atoms with Crippen molar-refractivity contribution in [3.05, 3.63) is 90.1 Å². The lowest BCUT2D eigenvalue weighted by atomic mass is 9.90. The van der Waals surface area contributed by atoms with Crippen LogP contribution < -0.4 is 10.1 Å². The number of rotatable bonds is 6. The van der Waals surface area contributed by atoms with Gasteiger partial charge in [0.05, 0.1) is 0 Å². The van der Waals surface area contributed by atoms with Gasteiger partial charge in [0.15, 0.2) is 0 Å². The zero-order valence-electron chi connectivity index (χ0n) is 20.2. The second kappa shape index (κ2) is 11.7. The molecular formula is C29H35N3O2. The van der Waals surface area contributed by atoms with E-state index >= 15 is 0 Å². The molecule has 1 saturated heterocycles. The molecule has 2 heterocycles. The van der Waals surface area contributed by atoms with Crippen LogP contribution in [0.3, 0.4) is 0 Å². The number of piperidine rings is 1. The SMILES string of the molecule is CC.O=C(NC1CC1c1ccccc1)N1CCC(Cc2cccc(Oc3ccccn3)c2)CC1. The lowest BCUT2D eigenvalue weighted by Crippen LogP contribution is -2.45. The second-order valence-electron chi connectivity index (χ2n) is 8.86. The molecule has 2 aromatic carbocycles. The van der Waals surface area contributed by atoms with Crippen LogP contribution >= 0.6 is 0 Å². The Labute approximate surface area is 203 Å². The molecule has 2 fully saturated rings. The van der Waals surface area contributed by atoms with Crippen LogP contribution in [0.2, 0.25) is 0 Å². The lowest BCUT2D eigenvalue weighted by Gasteiger charge is -2.32. The molecule has 1 aliphatic carbocycles. The molecule has 5 nitrogen and oxygen atoms in total. The summed E-state index contributed by atoms with van der Waals surface area (Å²) < 4.78 is 5.87. The summed E-state index contributed by atoms with van der Waals surface area (Å²) in [6.45, 7) is 5.65. The van der Waals surface area contributed by atoms with Gasteiger partial charge in [-0.05, 0) is 60.9 Å². The number of pyridine rings is 1. The first-order valence-electron chi connectivity index (χ1n) is 12.5. The van der Waals surface area contributed by atoms with Gasteiger partial charge in [0, 0.05) is 37.3 Å². The lowest BCUT2D eigenvalue weighted by molar-refractivity contribution is 0.170. The van der Waals surface area contributed by atoms with Gasteiger partial charge in [-0.3, -0.25) is 0 Å². The van der Waals surface area contributed by atoms with Gasteiger partial charge in [-0.15, -0.1) is 0 Å². The number of hydrogen-bond acceptors (Lipinski definition) is 3. The van der Waals surface area contributed by atoms with Crippen molar-refractivity contribution in [2.24, 2.45) is 5.92 Å². The highest BCUT2D eigenvalue weighted by molar-refractivity contribution is 5.75. The van der Waals surface area contributed by atoms with E-state index in [2.05, 4.69) is 46.7 Å². The Hall–Kier alpha value is -3.34. The fourth-order valence-corrected chi connectivity index (χ4v) is 4.61. The Morgan fingerprint density at radius 3 is 2.50 bits per heavy atom. The van der Waals surface area contributed by atoms with E-state index < -0.39 is 0 Å². The van der Waals surface area contributed by atoms with Crippen molar-refractivity contribution in [3.8, 4) is 11.6 Å². The quantitative estimate of drug-likeness (QED) is 0.465. The van der Waals surface area contributed by atoms with Gasteiger partial charge in [-0.2, -0.15) is 0 Å². The van der Waals surface area contributed by atoms with Crippen LogP contribution in [0.5, 0.6) is 11.6 Å². The summed E-state index contributed by atoms with van der Waals surface area (Å²) >= 11 is 0. The fraction of sp³-hybridized carbons (Fsp3) is 0.379. The van der Waals surface area contributed by atoms with Crippen LogP contribution in [0, 0.1) is 5.92 Å². The van der Waals surface area contributed by atoms with Crippen LogP contribution in [0.1, 0.15) is 50.2 Å². The number of amides is 2. The van der Waals surface area contributed by atoms with Crippen LogP contribution in [0.4, 0.5) is 4.79 Å². The third-order valence-electron chi connectivity index (χ3n) is 6.51. The van der Waals surface area contributed by atoms with Gasteiger partial charge >= 0.3 is 6.03 Å². The third-order valence-corrected chi connectivity index (χ3v) is 6.51. The van der Waals surface area contributed by atoms with Gasteiger partial charge in [-0.25, -0.2) is 9.78 Å². The summed E-state index contributed by atoms with van der Waals surface area (Å²) in [7, 11) is 0. The molecule has 1 saturated carbocycles. The first-order valence-corrected chi connectivity index (χ1v) is 12.5. The minimum absolute atomic E-state index is 0.0950. The monoisotopic (exact) mass is 457 g/mol. The molecule has 1 N–H and O–H groups in total. The number of urea groups is 1. The van der Waals surface area contributed by atoms with Gasteiger partial charge in [0.2, 0.25) is 5.88 Å². The molecule has 0 radical (unpaired) electrons. The largest absolute Gasteiger partial charge is 0.439 e. The number of nitrogens with one attached hydrogen (secondary N) is 1. The molecule has 2 aliphatic rings. The minimum atomic E-state index is 0.0950. The molecule has 0 bridgehead atoms. The molecule has 2 amide bonds. The van der Waals surface area contributed by atoms with E-state index in [1.807, 2.05) is 55.1 Å². The molecule has 34 heavy (non-hydrogen) atoms. The highest BCUT2D eigenvalue weighted by Crippen LogP contribution is 2.40. The number of carbonyl (C=O) groups is 1. The van der Waals surface area contributed by atoms with Crippen molar-refractivity contribution in [1.82, 2.24) is 15.2 Å². The van der Waals surface area contributed by atoms with Crippen LogP contribution in [0.15, 0.2) is 79.0 Å². The highest BCUT2D eigenvalue weighted by Gasteiger charge is 2.40. The highest BCUT2D eigenvalue weighted by atomic mass is 16.5. The maximum atomic E-state index is 12.7. The molecule has 2 unspecified atom stereocenters. The summed E-state index contributed by atoms with van der Waals surface area (Å²) in [5, 5.41) is 3.23. The standard InChI is InChI=1S/C27H29N3O2.C2H6/c31-27(29-25-19-24(25)22-8-2-1-3-9-22)30-15-12-20(13-16-30)17-21-7-6-10-23(18-21)32-26-11-4-5-14-28-26;1-2/h1-11,14,18,20,24-25H,12-13,15-17,19H2,(H,29,31);1-2H3. The van der Waals surface area contributed by atoms with E-state index in [1.54, 1.807) is 6.20 Å². The van der Waals surface area contributed by atoms with Crippen molar-refractivity contribution in [1.29, 1.82) is 0 Å². The average molecular weight is 458 g/mol. The Morgan fingerprint density at radius 2 is 1.76 bits per heavy atom. The molecule has 2 atom stereocenters. The summed E-state index contributed by atoms with van der Waals surface area (Å²) in [5.74, 6) is 2.48. The summed E-state index contributed by atoms with van der Waals surface area (Å²) in [4.78, 5) is 18.9. The number of benzene rings is 2. The molecule has 3 aromatic rings. The Morgan fingerprint density at radius 1 is 1.00 bits per heavy atom. The van der Waals surface area contributed by atoms with Crippen molar-refractivity contribution in [2.75, 3.05) is 13.1 Å². The van der Waals surface area contributed by atoms with Crippen molar-refractivity contribution >= 4 is 6.03 Å². The molecule has 5 rings (SSSR count). The molecule has 1 aromatic heterocycles. The van der Waals surface area contributed by atoms with Gasteiger partial charge in [-0.1, -0.05) is 62.4 Å². The van der Waals surface area contributed by atoms with Crippen molar-refractivity contribution in [2.45, 2.75) is 51.5 Å². The Bertz CT molecular complexity index is 1030. The molecule has 5 heteroatoms. The van der Waals surface area contributed by atoms with E-state index in [1.165, 1.54) is 11.1 Å². The zero-order chi connectivity index (χ0) is 23.8. The molecular weight excluding hydrogens is 422 g/mol. The summed E-state index contributed by atoms with van der Waals surface area (Å²) in [6, 6.07) is 24.8. The number of nitrogens with zero attached hydrogens (tertiary/aromatic N) is 2. The number of carbonyl (C=O) groups excluding carboxylic acids is 1. The number of ether oxygens (including phenoxy) is 1. The van der Waals surface area contributed by atoms with Gasteiger partial charge in [0.25, 0.3) is 0 Å². The van der Waals surface area contributed by atoms with Crippen LogP contribution in [-0.2, 0) is 6.42 Å². The minimum Gasteiger partial charge on any atom is -0.439 e. The predicted molar refractivity (Wildman–Crippen MR) is 136 cm³/mol. The first kappa shape index (κ1) is 23.8. The summed E-state index contributed by atoms with van der Waals surface area (Å²) in [6.07, 6.45) is 5.85. The Balaban J connectivity index is 0.00000133. The van der Waals surface area contributed by atoms with E-state index in [9.17, 15) is 4.79 Å². The molecule has 0 spiro atoms. The zero-order valence-corrected chi connectivity index (χ0v) is 20.2. The van der Waals surface area contributed by atoms with Crippen molar-refractivity contribution < 1.29 is 9.53 Å².